The summed E-state index contributed by atoms with van der Waals surface area (Å²) < 4.78 is 10.9. The number of ether oxygens (including phenoxy) is 2. The highest BCUT2D eigenvalue weighted by Gasteiger charge is 2.15. The van der Waals surface area contributed by atoms with Crippen LogP contribution in [-0.2, 0) is 25.7 Å². The van der Waals surface area contributed by atoms with Gasteiger partial charge in [0.2, 0.25) is 0 Å². The van der Waals surface area contributed by atoms with E-state index in [2.05, 4.69) is 0 Å². The third-order valence-electron chi connectivity index (χ3n) is 6.23. The average molecular weight is 471 g/mol. The van der Waals surface area contributed by atoms with Crippen molar-refractivity contribution in [2.45, 2.75) is 25.7 Å². The summed E-state index contributed by atoms with van der Waals surface area (Å²) >= 11 is 0. The first-order valence-electron chi connectivity index (χ1n) is 11.6. The molecular formula is C30H30O5. The van der Waals surface area contributed by atoms with Crippen molar-refractivity contribution >= 4 is 0 Å². The summed E-state index contributed by atoms with van der Waals surface area (Å²) in [4.78, 5) is 0. The Morgan fingerprint density at radius 2 is 1.09 bits per heavy atom. The van der Waals surface area contributed by atoms with Crippen LogP contribution in [0.3, 0.4) is 0 Å². The molecule has 0 heterocycles. The van der Waals surface area contributed by atoms with Gasteiger partial charge in [-0.05, 0) is 89.5 Å². The highest BCUT2D eigenvalue weighted by Crippen LogP contribution is 2.32. The van der Waals surface area contributed by atoms with Crippen LogP contribution in [0.1, 0.15) is 33.4 Å². The van der Waals surface area contributed by atoms with E-state index in [0.29, 0.717) is 19.3 Å². The van der Waals surface area contributed by atoms with Crippen molar-refractivity contribution in [2.75, 3.05) is 14.2 Å². The van der Waals surface area contributed by atoms with Gasteiger partial charge in [-0.2, -0.15) is 0 Å². The number of hydrogen-bond acceptors (Lipinski definition) is 5. The zero-order chi connectivity index (χ0) is 24.8. The first-order valence-corrected chi connectivity index (χ1v) is 11.6. The Morgan fingerprint density at radius 1 is 0.543 bits per heavy atom. The van der Waals surface area contributed by atoms with Crippen molar-refractivity contribution in [1.82, 2.24) is 0 Å². The number of phenolic OH excluding ortho intramolecular Hbond substituents is 3. The first kappa shape index (κ1) is 24.0. The van der Waals surface area contributed by atoms with Gasteiger partial charge in [0.15, 0.2) is 0 Å². The van der Waals surface area contributed by atoms with Gasteiger partial charge in [0.25, 0.3) is 0 Å². The van der Waals surface area contributed by atoms with Crippen molar-refractivity contribution < 1.29 is 24.8 Å². The summed E-state index contributed by atoms with van der Waals surface area (Å²) in [6.07, 6.45) is 2.68. The van der Waals surface area contributed by atoms with Crippen LogP contribution in [0.5, 0.6) is 28.7 Å². The van der Waals surface area contributed by atoms with Crippen LogP contribution in [-0.4, -0.2) is 29.5 Å². The van der Waals surface area contributed by atoms with Crippen molar-refractivity contribution in [3.8, 4) is 28.7 Å². The number of methoxy groups -OCH3 is 2. The van der Waals surface area contributed by atoms with E-state index in [1.165, 1.54) is 0 Å². The molecule has 180 valence electrons. The summed E-state index contributed by atoms with van der Waals surface area (Å²) in [5.74, 6) is 2.18. The molecule has 0 bridgehead atoms. The number of rotatable bonds is 9. The normalized spacial score (nSPS) is 10.8. The molecule has 5 heteroatoms. The molecule has 0 aliphatic heterocycles. The predicted octanol–water partition coefficient (Wildman–Crippen LogP) is 5.79. The van der Waals surface area contributed by atoms with Crippen molar-refractivity contribution in [1.29, 1.82) is 0 Å². The molecule has 0 saturated heterocycles. The van der Waals surface area contributed by atoms with Crippen LogP contribution in [0.25, 0.3) is 0 Å². The highest BCUT2D eigenvalue weighted by atomic mass is 16.5. The lowest BCUT2D eigenvalue weighted by Crippen LogP contribution is -2.05. The fourth-order valence-electron chi connectivity index (χ4n) is 4.34. The highest BCUT2D eigenvalue weighted by molar-refractivity contribution is 5.49. The Kier molecular flexibility index (Phi) is 7.46. The minimum absolute atomic E-state index is 0.214. The van der Waals surface area contributed by atoms with Crippen molar-refractivity contribution in [2.24, 2.45) is 0 Å². The zero-order valence-corrected chi connectivity index (χ0v) is 20.0. The molecule has 0 aliphatic rings. The van der Waals surface area contributed by atoms with Crippen LogP contribution in [0.2, 0.25) is 0 Å². The number of aromatic hydroxyl groups is 3. The largest absolute Gasteiger partial charge is 0.508 e. The maximum Gasteiger partial charge on any atom is 0.122 e. The molecule has 0 aliphatic carbocycles. The fourth-order valence-corrected chi connectivity index (χ4v) is 4.34. The van der Waals surface area contributed by atoms with E-state index >= 15 is 0 Å². The molecule has 0 radical (unpaired) electrons. The topological polar surface area (TPSA) is 79.2 Å². The van der Waals surface area contributed by atoms with Gasteiger partial charge in [0.05, 0.1) is 14.2 Å². The summed E-state index contributed by atoms with van der Waals surface area (Å²) in [7, 11) is 3.28. The average Bonchev–Trinajstić information content (AvgIpc) is 2.87. The SMILES string of the molecule is COc1cc(CCc2c(Cc3ccc(O)cc3)ccc(O)c2Cc2ccc(O)cc2)cc(OC)c1. The molecule has 4 rings (SSSR count). The summed E-state index contributed by atoms with van der Waals surface area (Å²) in [5, 5.41) is 30.2. The maximum atomic E-state index is 10.9. The van der Waals surface area contributed by atoms with Gasteiger partial charge < -0.3 is 24.8 Å². The lowest BCUT2D eigenvalue weighted by atomic mass is 9.88. The van der Waals surface area contributed by atoms with Crippen molar-refractivity contribution in [3.63, 3.8) is 0 Å². The number of aryl methyl sites for hydroxylation is 1. The van der Waals surface area contributed by atoms with Crippen LogP contribution in [0, 0.1) is 0 Å². The Morgan fingerprint density at radius 3 is 1.63 bits per heavy atom. The summed E-state index contributed by atoms with van der Waals surface area (Å²) in [6, 6.07) is 23.9. The minimum atomic E-state index is 0.214. The minimum Gasteiger partial charge on any atom is -0.508 e. The monoisotopic (exact) mass is 470 g/mol. The van der Waals surface area contributed by atoms with Gasteiger partial charge in [0.1, 0.15) is 28.7 Å². The zero-order valence-electron chi connectivity index (χ0n) is 20.0. The molecule has 0 aromatic heterocycles. The van der Waals surface area contributed by atoms with Crippen LogP contribution in [0.15, 0.2) is 78.9 Å². The molecular weight excluding hydrogens is 440 g/mol. The second-order valence-corrected chi connectivity index (χ2v) is 8.61. The van der Waals surface area contributed by atoms with E-state index < -0.39 is 0 Å². The summed E-state index contributed by atoms with van der Waals surface area (Å²) in [6.45, 7) is 0. The first-order chi connectivity index (χ1) is 16.9. The smallest absolute Gasteiger partial charge is 0.122 e. The number of phenols is 3. The molecule has 3 N–H and O–H groups in total. The van der Waals surface area contributed by atoms with E-state index in [1.54, 1.807) is 44.6 Å². The van der Waals surface area contributed by atoms with Gasteiger partial charge in [-0.15, -0.1) is 0 Å². The third-order valence-corrected chi connectivity index (χ3v) is 6.23. The van der Waals surface area contributed by atoms with Gasteiger partial charge in [-0.1, -0.05) is 30.3 Å². The Hall–Kier alpha value is -4.12. The molecule has 0 atom stereocenters. The molecule has 0 spiro atoms. The summed E-state index contributed by atoms with van der Waals surface area (Å²) in [5.41, 5.74) is 6.25. The lowest BCUT2D eigenvalue weighted by molar-refractivity contribution is 0.393. The second-order valence-electron chi connectivity index (χ2n) is 8.61. The quantitative estimate of drug-likeness (QED) is 0.289. The number of hydrogen-bond donors (Lipinski definition) is 3. The molecule has 4 aromatic rings. The number of benzene rings is 4. The maximum absolute atomic E-state index is 10.9. The Labute approximate surface area is 205 Å². The van der Waals surface area contributed by atoms with Gasteiger partial charge in [0, 0.05) is 18.1 Å². The van der Waals surface area contributed by atoms with Gasteiger partial charge >= 0.3 is 0 Å². The molecule has 5 nitrogen and oxygen atoms in total. The lowest BCUT2D eigenvalue weighted by Gasteiger charge is -2.18. The Bertz CT molecular complexity index is 1260. The molecule has 0 saturated carbocycles. The molecule has 35 heavy (non-hydrogen) atoms. The molecule has 4 aromatic carbocycles. The predicted molar refractivity (Wildman–Crippen MR) is 137 cm³/mol. The standard InChI is InChI=1S/C30H30O5/c1-34-26-16-22(17-27(19-26)35-2)7-13-28-23(15-20-3-9-24(31)10-4-20)8-14-30(33)29(28)18-21-5-11-25(32)12-6-21/h3-6,8-12,14,16-17,19,31-33H,7,13,15,18H2,1-2H3. The van der Waals surface area contributed by atoms with E-state index in [-0.39, 0.29) is 17.2 Å². The van der Waals surface area contributed by atoms with E-state index in [9.17, 15) is 15.3 Å². The van der Waals surface area contributed by atoms with Crippen LogP contribution >= 0.6 is 0 Å². The second kappa shape index (κ2) is 10.9. The molecule has 0 amide bonds. The van der Waals surface area contributed by atoms with Crippen LogP contribution in [0.4, 0.5) is 0 Å². The van der Waals surface area contributed by atoms with E-state index in [0.717, 1.165) is 51.3 Å². The van der Waals surface area contributed by atoms with Gasteiger partial charge in [-0.25, -0.2) is 0 Å². The van der Waals surface area contributed by atoms with E-state index in [1.807, 2.05) is 48.5 Å². The van der Waals surface area contributed by atoms with Gasteiger partial charge in [-0.3, -0.25) is 0 Å². The Balaban J connectivity index is 1.71. The molecule has 0 unspecified atom stereocenters. The van der Waals surface area contributed by atoms with Crippen LogP contribution < -0.4 is 9.47 Å². The van der Waals surface area contributed by atoms with E-state index in [4.69, 9.17) is 9.47 Å². The third kappa shape index (κ3) is 6.07. The molecule has 0 fully saturated rings. The van der Waals surface area contributed by atoms with Crippen molar-refractivity contribution in [3.05, 3.63) is 112 Å². The fraction of sp³-hybridized carbons (Fsp3) is 0.200.